The van der Waals surface area contributed by atoms with Crippen LogP contribution < -0.4 is 0 Å². The zero-order valence-electron chi connectivity index (χ0n) is 16.7. The maximum atomic E-state index is 5.78. The second-order valence-corrected chi connectivity index (χ2v) is 7.13. The van der Waals surface area contributed by atoms with Crippen LogP contribution in [0.2, 0.25) is 0 Å². The van der Waals surface area contributed by atoms with E-state index < -0.39 is 0 Å². The number of unbranched alkanes of at least 4 members (excludes halogenated alkanes) is 4. The van der Waals surface area contributed by atoms with Crippen molar-refractivity contribution in [2.75, 3.05) is 13.2 Å². The Hall–Kier alpha value is -2.12. The number of hydrogen-bond donors (Lipinski definition) is 0. The van der Waals surface area contributed by atoms with E-state index in [2.05, 4.69) is 61.7 Å². The Labute approximate surface area is 165 Å². The van der Waals surface area contributed by atoms with E-state index in [-0.39, 0.29) is 0 Å². The van der Waals surface area contributed by atoms with Crippen LogP contribution in [0.25, 0.3) is 12.2 Å². The number of benzene rings is 2. The third kappa shape index (κ3) is 8.88. The average molecular weight is 363 g/mol. The summed E-state index contributed by atoms with van der Waals surface area (Å²) in [5.74, 6) is 0. The third-order valence-corrected chi connectivity index (χ3v) is 4.88. The molecule has 0 atom stereocenters. The molecular formula is C26H34O. The zero-order chi connectivity index (χ0) is 19.2. The van der Waals surface area contributed by atoms with Crippen LogP contribution in [0.1, 0.15) is 60.8 Å². The van der Waals surface area contributed by atoms with Gasteiger partial charge in [0.1, 0.15) is 0 Å². The first-order valence-electron chi connectivity index (χ1n) is 10.3. The highest BCUT2D eigenvalue weighted by molar-refractivity contribution is 5.48. The average Bonchev–Trinajstić information content (AvgIpc) is 2.72. The fourth-order valence-corrected chi connectivity index (χ4v) is 3.27. The summed E-state index contributed by atoms with van der Waals surface area (Å²) in [6.45, 7) is 9.46. The molecule has 144 valence electrons. The predicted octanol–water partition coefficient (Wildman–Crippen LogP) is 7.12. The standard InChI is InChI=1S/C26H34O/c1-3-23-15-11-17-25(21-23)13-7-5-9-19-27-20-10-6-8-14-26-18-12-16-24(4-2)22-26/h3-4,11-12,15-18,21-22H,1-2,5-10,13-14,19-20H2. The molecule has 0 bridgehead atoms. The largest absolute Gasteiger partial charge is 0.381 e. The third-order valence-electron chi connectivity index (χ3n) is 4.88. The van der Waals surface area contributed by atoms with Crippen LogP contribution in [0.15, 0.2) is 61.7 Å². The van der Waals surface area contributed by atoms with Gasteiger partial charge in [0.25, 0.3) is 0 Å². The molecule has 0 aliphatic carbocycles. The highest BCUT2D eigenvalue weighted by Gasteiger charge is 1.97. The van der Waals surface area contributed by atoms with E-state index in [1.54, 1.807) is 0 Å². The van der Waals surface area contributed by atoms with E-state index in [0.29, 0.717) is 0 Å². The Kier molecular flexibility index (Phi) is 10.3. The van der Waals surface area contributed by atoms with Crippen molar-refractivity contribution in [3.63, 3.8) is 0 Å². The summed E-state index contributed by atoms with van der Waals surface area (Å²) in [5.41, 5.74) is 5.24. The lowest BCUT2D eigenvalue weighted by atomic mass is 10.0. The van der Waals surface area contributed by atoms with Crippen molar-refractivity contribution >= 4 is 12.2 Å². The number of aryl methyl sites for hydroxylation is 2. The van der Waals surface area contributed by atoms with Gasteiger partial charge in [-0.1, -0.05) is 86.7 Å². The fraction of sp³-hybridized carbons (Fsp3) is 0.385. The van der Waals surface area contributed by atoms with Gasteiger partial charge in [-0.15, -0.1) is 0 Å². The molecule has 0 spiro atoms. The minimum atomic E-state index is 0.897. The van der Waals surface area contributed by atoms with Gasteiger partial charge in [0.05, 0.1) is 0 Å². The monoisotopic (exact) mass is 362 g/mol. The lowest BCUT2D eigenvalue weighted by Crippen LogP contribution is -1.98. The van der Waals surface area contributed by atoms with Crippen LogP contribution in [0, 0.1) is 0 Å². The molecule has 0 radical (unpaired) electrons. The minimum absolute atomic E-state index is 0.897. The first-order chi connectivity index (χ1) is 13.3. The van der Waals surface area contributed by atoms with Gasteiger partial charge in [0.15, 0.2) is 0 Å². The van der Waals surface area contributed by atoms with Crippen LogP contribution in [-0.2, 0) is 17.6 Å². The first kappa shape index (κ1) is 21.2. The number of rotatable bonds is 14. The molecule has 0 saturated carbocycles. The van der Waals surface area contributed by atoms with Gasteiger partial charge < -0.3 is 4.74 Å². The topological polar surface area (TPSA) is 9.23 Å². The molecule has 1 heteroatoms. The van der Waals surface area contributed by atoms with Gasteiger partial charge >= 0.3 is 0 Å². The molecule has 0 unspecified atom stereocenters. The van der Waals surface area contributed by atoms with Crippen molar-refractivity contribution in [2.24, 2.45) is 0 Å². The summed E-state index contributed by atoms with van der Waals surface area (Å²) in [6.07, 6.45) is 13.4. The van der Waals surface area contributed by atoms with Crippen molar-refractivity contribution in [3.8, 4) is 0 Å². The summed E-state index contributed by atoms with van der Waals surface area (Å²) in [6, 6.07) is 17.3. The van der Waals surface area contributed by atoms with E-state index in [1.165, 1.54) is 47.9 Å². The van der Waals surface area contributed by atoms with Crippen LogP contribution in [0.3, 0.4) is 0 Å². The zero-order valence-corrected chi connectivity index (χ0v) is 16.7. The summed E-state index contributed by atoms with van der Waals surface area (Å²) in [5, 5.41) is 0. The fourth-order valence-electron chi connectivity index (χ4n) is 3.27. The molecule has 2 rings (SSSR count). The smallest absolute Gasteiger partial charge is 0.0466 e. The van der Waals surface area contributed by atoms with Crippen molar-refractivity contribution < 1.29 is 4.74 Å². The second kappa shape index (κ2) is 13.1. The predicted molar refractivity (Wildman–Crippen MR) is 119 cm³/mol. The van der Waals surface area contributed by atoms with E-state index in [0.717, 1.165) is 38.9 Å². The normalized spacial score (nSPS) is 10.7. The quantitative estimate of drug-likeness (QED) is 0.325. The SMILES string of the molecule is C=Cc1cccc(CCCCCOCCCCCc2cccc(C=C)c2)c1. The second-order valence-electron chi connectivity index (χ2n) is 7.13. The van der Waals surface area contributed by atoms with Gasteiger partial charge in [-0.05, 0) is 60.8 Å². The Bertz CT molecular complexity index is 627. The Morgan fingerprint density at radius 1 is 0.630 bits per heavy atom. The van der Waals surface area contributed by atoms with E-state index in [9.17, 15) is 0 Å². The Morgan fingerprint density at radius 2 is 1.11 bits per heavy atom. The van der Waals surface area contributed by atoms with E-state index >= 15 is 0 Å². The maximum Gasteiger partial charge on any atom is 0.0466 e. The van der Waals surface area contributed by atoms with Gasteiger partial charge in [-0.25, -0.2) is 0 Å². The lowest BCUT2D eigenvalue weighted by molar-refractivity contribution is 0.126. The highest BCUT2D eigenvalue weighted by atomic mass is 16.5. The van der Waals surface area contributed by atoms with Gasteiger partial charge in [-0.3, -0.25) is 0 Å². The van der Waals surface area contributed by atoms with Crippen LogP contribution in [0.5, 0.6) is 0 Å². The molecule has 0 heterocycles. The molecule has 2 aromatic rings. The molecule has 1 nitrogen and oxygen atoms in total. The van der Waals surface area contributed by atoms with Crippen LogP contribution in [0.4, 0.5) is 0 Å². The van der Waals surface area contributed by atoms with Crippen molar-refractivity contribution in [3.05, 3.63) is 83.9 Å². The molecule has 0 aliphatic heterocycles. The highest BCUT2D eigenvalue weighted by Crippen LogP contribution is 2.12. The van der Waals surface area contributed by atoms with Crippen molar-refractivity contribution in [1.82, 2.24) is 0 Å². The molecule has 27 heavy (non-hydrogen) atoms. The molecule has 0 aromatic heterocycles. The number of ether oxygens (including phenoxy) is 1. The van der Waals surface area contributed by atoms with Crippen molar-refractivity contribution in [1.29, 1.82) is 0 Å². The summed E-state index contributed by atoms with van der Waals surface area (Å²) < 4.78 is 5.78. The molecule has 0 fully saturated rings. The Balaban J connectivity index is 1.42. The van der Waals surface area contributed by atoms with Gasteiger partial charge in [-0.2, -0.15) is 0 Å². The molecular weight excluding hydrogens is 328 g/mol. The van der Waals surface area contributed by atoms with Crippen LogP contribution in [-0.4, -0.2) is 13.2 Å². The maximum absolute atomic E-state index is 5.78. The molecule has 0 aliphatic rings. The summed E-state index contributed by atoms with van der Waals surface area (Å²) in [7, 11) is 0. The van der Waals surface area contributed by atoms with E-state index in [4.69, 9.17) is 4.74 Å². The molecule has 2 aromatic carbocycles. The number of hydrogen-bond acceptors (Lipinski definition) is 1. The Morgan fingerprint density at radius 3 is 1.56 bits per heavy atom. The van der Waals surface area contributed by atoms with E-state index in [1.807, 2.05) is 12.2 Å². The lowest BCUT2D eigenvalue weighted by Gasteiger charge is -2.06. The first-order valence-corrected chi connectivity index (χ1v) is 10.3. The van der Waals surface area contributed by atoms with Gasteiger partial charge in [0.2, 0.25) is 0 Å². The summed E-state index contributed by atoms with van der Waals surface area (Å²) in [4.78, 5) is 0. The van der Waals surface area contributed by atoms with Crippen molar-refractivity contribution in [2.45, 2.75) is 51.4 Å². The molecule has 0 saturated heterocycles. The van der Waals surface area contributed by atoms with Crippen LogP contribution >= 0.6 is 0 Å². The molecule has 0 N–H and O–H groups in total. The van der Waals surface area contributed by atoms with Gasteiger partial charge in [0, 0.05) is 13.2 Å². The molecule has 0 amide bonds. The summed E-state index contributed by atoms with van der Waals surface area (Å²) >= 11 is 0. The minimum Gasteiger partial charge on any atom is -0.381 e.